The number of rotatable bonds is 4. The Morgan fingerprint density at radius 3 is 2.48 bits per heavy atom. The molecule has 8 nitrogen and oxygen atoms in total. The number of esters is 1. The average molecular weight is 451 g/mol. The second-order valence-corrected chi connectivity index (χ2v) is 8.25. The van der Waals surface area contributed by atoms with Crippen molar-refractivity contribution in [3.05, 3.63) is 56.4 Å². The number of carbonyl (C=O) groups is 1. The molecular weight excluding hydrogens is 426 g/mol. The number of anilines is 1. The van der Waals surface area contributed by atoms with Crippen LogP contribution < -0.4 is 24.7 Å². The first-order valence-corrected chi connectivity index (χ1v) is 10.8. The van der Waals surface area contributed by atoms with Gasteiger partial charge in [0.1, 0.15) is 11.3 Å². The van der Waals surface area contributed by atoms with Crippen LogP contribution >= 0.6 is 0 Å². The smallest absolute Gasteiger partial charge is 0.340 e. The summed E-state index contributed by atoms with van der Waals surface area (Å²) in [4.78, 5) is 26.9. The molecule has 3 aromatic rings. The number of methoxy groups -OCH3 is 3. The Labute approximate surface area is 190 Å². The van der Waals surface area contributed by atoms with Gasteiger partial charge in [0.15, 0.2) is 18.2 Å². The van der Waals surface area contributed by atoms with E-state index < -0.39 is 5.97 Å². The lowest BCUT2D eigenvalue weighted by Gasteiger charge is -2.33. The number of fused-ring (bicyclic) bond motifs is 4. The molecule has 1 aromatic heterocycles. The van der Waals surface area contributed by atoms with Crippen LogP contribution in [0.2, 0.25) is 0 Å². The summed E-state index contributed by atoms with van der Waals surface area (Å²) in [6.07, 6.45) is 2.56. The first-order chi connectivity index (χ1) is 16.0. The summed E-state index contributed by atoms with van der Waals surface area (Å²) in [6.45, 7) is 2.62. The standard InChI is InChI=1S/C25H25NO7/c1-13-22-14(8-17-15-6-5-7-16(15)25(28)33-23(13)17)11-26(12-32-22)19-10-21(30-3)20(29-2)9-18(19)24(27)31-4/h8-10H,5-7,11-12H2,1-4H3. The van der Waals surface area contributed by atoms with Gasteiger partial charge in [-0.3, -0.25) is 0 Å². The molecule has 0 bridgehead atoms. The fourth-order valence-electron chi connectivity index (χ4n) is 4.90. The molecule has 8 heteroatoms. The third kappa shape index (κ3) is 3.28. The highest BCUT2D eigenvalue weighted by Crippen LogP contribution is 2.41. The molecule has 0 amide bonds. The van der Waals surface area contributed by atoms with Crippen LogP contribution in [0.3, 0.4) is 0 Å². The molecule has 172 valence electrons. The van der Waals surface area contributed by atoms with Crippen molar-refractivity contribution in [3.8, 4) is 17.2 Å². The summed E-state index contributed by atoms with van der Waals surface area (Å²) < 4.78 is 27.6. The summed E-state index contributed by atoms with van der Waals surface area (Å²) >= 11 is 0. The Morgan fingerprint density at radius 1 is 1.03 bits per heavy atom. The van der Waals surface area contributed by atoms with Crippen molar-refractivity contribution in [1.82, 2.24) is 0 Å². The van der Waals surface area contributed by atoms with Gasteiger partial charge >= 0.3 is 11.6 Å². The van der Waals surface area contributed by atoms with E-state index in [1.165, 1.54) is 14.2 Å². The topological polar surface area (TPSA) is 87.4 Å². The van der Waals surface area contributed by atoms with Gasteiger partial charge in [0.25, 0.3) is 0 Å². The van der Waals surface area contributed by atoms with E-state index in [9.17, 15) is 9.59 Å². The monoisotopic (exact) mass is 451 g/mol. The molecule has 1 aliphatic carbocycles. The van der Waals surface area contributed by atoms with E-state index in [1.54, 1.807) is 19.2 Å². The predicted molar refractivity (Wildman–Crippen MR) is 122 cm³/mol. The second kappa shape index (κ2) is 8.03. The normalized spacial score (nSPS) is 14.5. The summed E-state index contributed by atoms with van der Waals surface area (Å²) in [6, 6.07) is 5.42. The van der Waals surface area contributed by atoms with Crippen molar-refractivity contribution in [2.75, 3.05) is 33.0 Å². The molecule has 0 atom stereocenters. The summed E-state index contributed by atoms with van der Waals surface area (Å²) in [5.41, 5.74) is 4.94. The number of hydrogen-bond donors (Lipinski definition) is 0. The fourth-order valence-corrected chi connectivity index (χ4v) is 4.90. The SMILES string of the molecule is COC(=O)c1cc(OC)c(OC)cc1N1COc2c(cc3c4c(c(=O)oc3c2C)CCC4)C1. The first-order valence-electron chi connectivity index (χ1n) is 10.8. The zero-order valence-electron chi connectivity index (χ0n) is 19.1. The maximum absolute atomic E-state index is 12.6. The largest absolute Gasteiger partial charge is 0.493 e. The van der Waals surface area contributed by atoms with E-state index in [-0.39, 0.29) is 12.4 Å². The molecule has 1 aliphatic heterocycles. The molecule has 2 heterocycles. The van der Waals surface area contributed by atoms with Crippen molar-refractivity contribution >= 4 is 22.6 Å². The minimum Gasteiger partial charge on any atom is -0.493 e. The number of nitrogens with zero attached hydrogens (tertiary/aromatic N) is 1. The molecule has 0 saturated carbocycles. The summed E-state index contributed by atoms with van der Waals surface area (Å²) in [5.74, 6) is 1.17. The second-order valence-electron chi connectivity index (χ2n) is 8.25. The Bertz CT molecular complexity index is 1340. The highest BCUT2D eigenvalue weighted by Gasteiger charge is 2.29. The molecule has 2 aliphatic rings. The third-order valence-electron chi connectivity index (χ3n) is 6.49. The van der Waals surface area contributed by atoms with Crippen molar-refractivity contribution in [3.63, 3.8) is 0 Å². The van der Waals surface area contributed by atoms with E-state index in [0.29, 0.717) is 40.6 Å². The highest BCUT2D eigenvalue weighted by molar-refractivity contribution is 5.97. The van der Waals surface area contributed by atoms with Crippen LogP contribution in [-0.2, 0) is 24.1 Å². The molecule has 0 fully saturated rings. The van der Waals surface area contributed by atoms with Crippen molar-refractivity contribution in [2.45, 2.75) is 32.7 Å². The van der Waals surface area contributed by atoms with E-state index in [2.05, 4.69) is 6.07 Å². The van der Waals surface area contributed by atoms with Crippen LogP contribution in [-0.4, -0.2) is 34.0 Å². The van der Waals surface area contributed by atoms with Gasteiger partial charge in [-0.05, 0) is 37.8 Å². The molecule has 0 spiro atoms. The molecule has 0 unspecified atom stereocenters. The van der Waals surface area contributed by atoms with E-state index >= 15 is 0 Å². The van der Waals surface area contributed by atoms with Crippen LogP contribution in [0.5, 0.6) is 17.2 Å². The maximum atomic E-state index is 12.6. The van der Waals surface area contributed by atoms with Gasteiger partial charge in [0.05, 0.1) is 32.6 Å². The van der Waals surface area contributed by atoms with Crippen LogP contribution in [0.15, 0.2) is 27.4 Å². The van der Waals surface area contributed by atoms with Crippen LogP contribution in [0.1, 0.15) is 39.0 Å². The fraction of sp³-hybridized carbons (Fsp3) is 0.360. The van der Waals surface area contributed by atoms with Crippen LogP contribution in [0.4, 0.5) is 5.69 Å². The van der Waals surface area contributed by atoms with E-state index in [4.69, 9.17) is 23.4 Å². The van der Waals surface area contributed by atoms with Crippen molar-refractivity contribution in [1.29, 1.82) is 0 Å². The Kier molecular flexibility index (Phi) is 5.15. The molecule has 0 radical (unpaired) electrons. The zero-order valence-corrected chi connectivity index (χ0v) is 19.1. The number of aryl methyl sites for hydroxylation is 2. The number of carbonyl (C=O) groups excluding carboxylic acids is 1. The lowest BCUT2D eigenvalue weighted by molar-refractivity contribution is 0.0600. The predicted octanol–water partition coefficient (Wildman–Crippen LogP) is 3.75. The van der Waals surface area contributed by atoms with Gasteiger partial charge in [-0.2, -0.15) is 0 Å². The first kappa shape index (κ1) is 21.2. The molecule has 0 saturated heterocycles. The van der Waals surface area contributed by atoms with Gasteiger partial charge in [0.2, 0.25) is 0 Å². The summed E-state index contributed by atoms with van der Waals surface area (Å²) in [7, 11) is 4.41. The number of ether oxygens (including phenoxy) is 4. The maximum Gasteiger partial charge on any atom is 0.340 e. The van der Waals surface area contributed by atoms with Crippen molar-refractivity contribution in [2.24, 2.45) is 0 Å². The van der Waals surface area contributed by atoms with Gasteiger partial charge in [-0.25, -0.2) is 9.59 Å². The average Bonchev–Trinajstić information content (AvgIpc) is 3.34. The molecular formula is C25H25NO7. The minimum absolute atomic E-state index is 0.202. The quantitative estimate of drug-likeness (QED) is 0.438. The molecule has 0 N–H and O–H groups in total. The van der Waals surface area contributed by atoms with Crippen LogP contribution in [0.25, 0.3) is 11.0 Å². The lowest BCUT2D eigenvalue weighted by atomic mass is 9.98. The Balaban J connectivity index is 1.63. The van der Waals surface area contributed by atoms with Gasteiger partial charge in [-0.15, -0.1) is 0 Å². The van der Waals surface area contributed by atoms with Gasteiger partial charge in [-0.1, -0.05) is 0 Å². The van der Waals surface area contributed by atoms with Gasteiger partial charge < -0.3 is 28.3 Å². The van der Waals surface area contributed by atoms with Crippen LogP contribution in [0, 0.1) is 6.92 Å². The number of hydrogen-bond acceptors (Lipinski definition) is 8. The Morgan fingerprint density at radius 2 is 1.76 bits per heavy atom. The van der Waals surface area contributed by atoms with Crippen molar-refractivity contribution < 1.29 is 28.2 Å². The molecule has 2 aromatic carbocycles. The third-order valence-corrected chi connectivity index (χ3v) is 6.49. The number of benzene rings is 2. The molecule has 33 heavy (non-hydrogen) atoms. The summed E-state index contributed by atoms with van der Waals surface area (Å²) in [5, 5.41) is 0.962. The molecule has 5 rings (SSSR count). The lowest BCUT2D eigenvalue weighted by Crippen LogP contribution is -2.33. The van der Waals surface area contributed by atoms with E-state index in [0.717, 1.165) is 46.9 Å². The van der Waals surface area contributed by atoms with E-state index in [1.807, 2.05) is 11.8 Å². The highest BCUT2D eigenvalue weighted by atomic mass is 16.5. The Hall–Kier alpha value is -3.68. The minimum atomic E-state index is -0.481. The van der Waals surface area contributed by atoms with Gasteiger partial charge in [0, 0.05) is 40.8 Å². The zero-order chi connectivity index (χ0) is 23.3.